The third-order valence-corrected chi connectivity index (χ3v) is 8.03. The van der Waals surface area contributed by atoms with Crippen molar-refractivity contribution in [3.05, 3.63) is 17.5 Å². The number of aromatic nitrogens is 2. The van der Waals surface area contributed by atoms with Crippen LogP contribution in [0.5, 0.6) is 0 Å². The van der Waals surface area contributed by atoms with E-state index in [1.54, 1.807) is 0 Å². The van der Waals surface area contributed by atoms with Crippen LogP contribution in [0.4, 0.5) is 19.1 Å². The lowest BCUT2D eigenvalue weighted by atomic mass is 9.84. The van der Waals surface area contributed by atoms with Crippen molar-refractivity contribution in [3.63, 3.8) is 0 Å². The highest BCUT2D eigenvalue weighted by molar-refractivity contribution is 7.91. The van der Waals surface area contributed by atoms with E-state index in [1.807, 2.05) is 0 Å². The van der Waals surface area contributed by atoms with Gasteiger partial charge in [0.05, 0.1) is 23.0 Å². The van der Waals surface area contributed by atoms with Crippen molar-refractivity contribution in [2.24, 2.45) is 17.8 Å². The number of carboxylic acids is 1. The van der Waals surface area contributed by atoms with Crippen molar-refractivity contribution in [2.75, 3.05) is 29.9 Å². The fraction of sp³-hybridized carbons (Fsp3) is 0.667. The quantitative estimate of drug-likeness (QED) is 0.685. The molecule has 4 rings (SSSR count). The third kappa shape index (κ3) is 4.19. The van der Waals surface area contributed by atoms with Crippen LogP contribution in [-0.4, -0.2) is 70.9 Å². The van der Waals surface area contributed by atoms with Crippen LogP contribution in [0.1, 0.15) is 35.3 Å². The predicted molar refractivity (Wildman–Crippen MR) is 101 cm³/mol. The highest BCUT2D eigenvalue weighted by Gasteiger charge is 2.51. The maximum Gasteiger partial charge on any atom is 0.434 e. The molecular weight excluding hydrogens is 441 g/mol. The number of carboxylic acid groups (broad SMARTS) is 1. The Morgan fingerprint density at radius 3 is 2.42 bits per heavy atom. The van der Waals surface area contributed by atoms with Crippen LogP contribution in [0.25, 0.3) is 0 Å². The van der Waals surface area contributed by atoms with Crippen molar-refractivity contribution in [2.45, 2.75) is 31.5 Å². The standard InChI is InChI=1S/C18H21F3N4O5S/c19-18(20,21)14-11(15(26)25-3-5-31(29,30)6-4-25)8-22-17(24-14)23-13-10-2-1-9(7-10)12(13)16(27)28/h8-10,12-13H,1-7H2,(H,27,28)(H,22,23,24)/t9-,10+,12+,13-/m0/s1. The van der Waals surface area contributed by atoms with E-state index >= 15 is 0 Å². The number of nitrogens with one attached hydrogen (secondary N) is 1. The van der Waals surface area contributed by atoms with Gasteiger partial charge < -0.3 is 15.3 Å². The molecule has 2 N–H and O–H groups in total. The Labute approximate surface area is 176 Å². The number of carbonyl (C=O) groups excluding carboxylic acids is 1. The number of anilines is 1. The zero-order valence-electron chi connectivity index (χ0n) is 16.3. The van der Waals surface area contributed by atoms with Gasteiger partial charge in [-0.15, -0.1) is 0 Å². The molecule has 2 bridgehead atoms. The molecule has 2 saturated carbocycles. The molecule has 0 unspecified atom stereocenters. The normalized spacial score (nSPS) is 29.7. The van der Waals surface area contributed by atoms with E-state index in [-0.39, 0.29) is 42.4 Å². The summed E-state index contributed by atoms with van der Waals surface area (Å²) in [4.78, 5) is 32.7. The minimum absolute atomic E-state index is 0.0145. The van der Waals surface area contributed by atoms with Crippen LogP contribution >= 0.6 is 0 Å². The maximum atomic E-state index is 13.7. The number of nitrogens with zero attached hydrogens (tertiary/aromatic N) is 3. The molecule has 0 aromatic carbocycles. The number of fused-ring (bicyclic) bond motifs is 2. The fourth-order valence-electron chi connectivity index (χ4n) is 4.91. The van der Waals surface area contributed by atoms with Gasteiger partial charge in [-0.05, 0) is 31.1 Å². The van der Waals surface area contributed by atoms with E-state index in [9.17, 15) is 36.3 Å². The van der Waals surface area contributed by atoms with Gasteiger partial charge in [-0.3, -0.25) is 9.59 Å². The number of carbonyl (C=O) groups is 2. The van der Waals surface area contributed by atoms with Crippen LogP contribution in [0.15, 0.2) is 6.20 Å². The second kappa shape index (κ2) is 7.61. The van der Waals surface area contributed by atoms with Crippen LogP contribution in [0.3, 0.4) is 0 Å². The summed E-state index contributed by atoms with van der Waals surface area (Å²) in [5.41, 5.74) is -2.20. The lowest BCUT2D eigenvalue weighted by molar-refractivity contribution is -0.144. The molecule has 1 amide bonds. The minimum atomic E-state index is -4.95. The number of amides is 1. The molecule has 1 aliphatic heterocycles. The molecule has 3 aliphatic rings. The van der Waals surface area contributed by atoms with Crippen molar-refractivity contribution < 1.29 is 36.3 Å². The van der Waals surface area contributed by atoms with E-state index in [0.717, 1.165) is 23.9 Å². The van der Waals surface area contributed by atoms with Gasteiger partial charge in [0.2, 0.25) is 5.95 Å². The number of sulfone groups is 1. The lowest BCUT2D eigenvalue weighted by Crippen LogP contribution is -2.44. The Morgan fingerprint density at radius 2 is 1.81 bits per heavy atom. The van der Waals surface area contributed by atoms with Gasteiger partial charge in [-0.25, -0.2) is 18.4 Å². The zero-order valence-corrected chi connectivity index (χ0v) is 17.1. The summed E-state index contributed by atoms with van der Waals surface area (Å²) in [6, 6.07) is -0.578. The molecule has 3 fully saturated rings. The molecule has 1 saturated heterocycles. The van der Waals surface area contributed by atoms with E-state index in [2.05, 4.69) is 15.3 Å². The molecule has 2 heterocycles. The van der Waals surface area contributed by atoms with Gasteiger partial charge in [0.1, 0.15) is 0 Å². The van der Waals surface area contributed by atoms with Crippen LogP contribution in [0.2, 0.25) is 0 Å². The van der Waals surface area contributed by atoms with Crippen molar-refractivity contribution in [1.82, 2.24) is 14.9 Å². The lowest BCUT2D eigenvalue weighted by Gasteiger charge is -2.29. The Hall–Kier alpha value is -2.44. The van der Waals surface area contributed by atoms with Crippen molar-refractivity contribution >= 4 is 27.7 Å². The Kier molecular flexibility index (Phi) is 5.34. The van der Waals surface area contributed by atoms with E-state index in [4.69, 9.17) is 0 Å². The molecular formula is C18H21F3N4O5S. The Bertz CT molecular complexity index is 1000. The average molecular weight is 462 g/mol. The Morgan fingerprint density at radius 1 is 1.16 bits per heavy atom. The van der Waals surface area contributed by atoms with E-state index in [0.29, 0.717) is 6.42 Å². The first kappa shape index (κ1) is 21.8. The zero-order chi connectivity index (χ0) is 22.6. The first-order valence-electron chi connectivity index (χ1n) is 9.89. The topological polar surface area (TPSA) is 130 Å². The molecule has 0 spiro atoms. The summed E-state index contributed by atoms with van der Waals surface area (Å²) < 4.78 is 64.1. The van der Waals surface area contributed by atoms with Crippen LogP contribution < -0.4 is 5.32 Å². The first-order valence-corrected chi connectivity index (χ1v) is 11.7. The number of halogens is 3. The summed E-state index contributed by atoms with van der Waals surface area (Å²) in [7, 11) is -3.31. The molecule has 0 radical (unpaired) electrons. The second-order valence-electron chi connectivity index (χ2n) is 8.27. The average Bonchev–Trinajstić information content (AvgIpc) is 3.28. The summed E-state index contributed by atoms with van der Waals surface area (Å²) in [5.74, 6) is -3.76. The largest absolute Gasteiger partial charge is 0.481 e. The minimum Gasteiger partial charge on any atom is -0.481 e. The van der Waals surface area contributed by atoms with E-state index in [1.165, 1.54) is 0 Å². The summed E-state index contributed by atoms with van der Waals surface area (Å²) in [6.07, 6.45) is -1.94. The summed E-state index contributed by atoms with van der Waals surface area (Å²) >= 11 is 0. The van der Waals surface area contributed by atoms with Gasteiger partial charge in [0.25, 0.3) is 5.91 Å². The van der Waals surface area contributed by atoms with Gasteiger partial charge in [0, 0.05) is 25.3 Å². The summed E-state index contributed by atoms with van der Waals surface area (Å²) in [5, 5.41) is 12.3. The Balaban J connectivity index is 1.59. The number of aliphatic carboxylic acids is 1. The molecule has 170 valence electrons. The van der Waals surface area contributed by atoms with E-state index < -0.39 is 51.1 Å². The van der Waals surface area contributed by atoms with Crippen molar-refractivity contribution in [1.29, 1.82) is 0 Å². The maximum absolute atomic E-state index is 13.7. The number of hydrogen-bond donors (Lipinski definition) is 2. The van der Waals surface area contributed by atoms with Gasteiger partial charge in [-0.2, -0.15) is 13.2 Å². The monoisotopic (exact) mass is 462 g/mol. The number of rotatable bonds is 4. The fourth-order valence-corrected chi connectivity index (χ4v) is 6.11. The highest BCUT2D eigenvalue weighted by Crippen LogP contribution is 2.49. The van der Waals surface area contributed by atoms with Crippen molar-refractivity contribution in [3.8, 4) is 0 Å². The van der Waals surface area contributed by atoms with Crippen LogP contribution in [0, 0.1) is 17.8 Å². The first-order chi connectivity index (χ1) is 14.5. The van der Waals surface area contributed by atoms with Crippen LogP contribution in [-0.2, 0) is 20.8 Å². The SMILES string of the molecule is O=C(O)[C@@H]1[C@H]2CC[C@H](C2)[C@@H]1Nc1ncc(C(=O)N2CCS(=O)(=O)CC2)c(C(F)(F)F)n1. The molecule has 1 aromatic heterocycles. The highest BCUT2D eigenvalue weighted by atomic mass is 32.2. The molecule has 2 aliphatic carbocycles. The second-order valence-corrected chi connectivity index (χ2v) is 10.6. The van der Waals surface area contributed by atoms with Gasteiger partial charge >= 0.3 is 12.1 Å². The molecule has 9 nitrogen and oxygen atoms in total. The van der Waals surface area contributed by atoms with Gasteiger partial charge in [-0.1, -0.05) is 0 Å². The smallest absolute Gasteiger partial charge is 0.434 e. The third-order valence-electron chi connectivity index (χ3n) is 6.42. The number of hydrogen-bond acceptors (Lipinski definition) is 7. The molecule has 31 heavy (non-hydrogen) atoms. The molecule has 13 heteroatoms. The predicted octanol–water partition coefficient (Wildman–Crippen LogP) is 1.28. The molecule has 4 atom stereocenters. The van der Waals surface area contributed by atoms with Gasteiger partial charge in [0.15, 0.2) is 15.5 Å². The summed E-state index contributed by atoms with van der Waals surface area (Å²) in [6.45, 7) is -0.409. The number of alkyl halides is 3. The molecule has 1 aromatic rings.